The highest BCUT2D eigenvalue weighted by Gasteiger charge is 2.45. The molecule has 0 bridgehead atoms. The average molecular weight is 517 g/mol. The Labute approximate surface area is 217 Å². The number of nitrogen functional groups attached to an aromatic ring is 2. The van der Waals surface area contributed by atoms with Gasteiger partial charge >= 0.3 is 0 Å². The van der Waals surface area contributed by atoms with E-state index in [9.17, 15) is 10.2 Å². The number of nitrogens with zero attached hydrogens (tertiary/aromatic N) is 6. The zero-order valence-electron chi connectivity index (χ0n) is 20.9. The van der Waals surface area contributed by atoms with Crippen LogP contribution >= 0.6 is 0 Å². The molecule has 0 spiro atoms. The van der Waals surface area contributed by atoms with Gasteiger partial charge in [-0.05, 0) is 36.8 Å². The van der Waals surface area contributed by atoms with E-state index in [2.05, 4.69) is 20.2 Å². The van der Waals surface area contributed by atoms with E-state index in [1.807, 2.05) is 38.4 Å². The van der Waals surface area contributed by atoms with E-state index in [0.717, 1.165) is 23.0 Å². The van der Waals surface area contributed by atoms with Crippen LogP contribution in [0.4, 0.5) is 11.5 Å². The van der Waals surface area contributed by atoms with Gasteiger partial charge in [-0.2, -0.15) is 10.2 Å². The maximum Gasteiger partial charge on any atom is 0.152 e. The molecule has 5 heterocycles. The first-order chi connectivity index (χ1) is 18.3. The molecule has 6 rings (SSSR count). The summed E-state index contributed by atoms with van der Waals surface area (Å²) in [6.07, 6.45) is -0.187. The van der Waals surface area contributed by atoms with Crippen molar-refractivity contribution in [3.05, 3.63) is 60.3 Å². The number of pyridine rings is 1. The number of ether oxygens (including phenoxy) is 2. The van der Waals surface area contributed by atoms with E-state index in [-0.39, 0.29) is 12.4 Å². The third-order valence-electron chi connectivity index (χ3n) is 6.90. The summed E-state index contributed by atoms with van der Waals surface area (Å²) in [5.74, 6) is 0.814. The number of benzene rings is 1. The van der Waals surface area contributed by atoms with Gasteiger partial charge in [0.25, 0.3) is 0 Å². The van der Waals surface area contributed by atoms with Crippen molar-refractivity contribution in [2.45, 2.75) is 37.8 Å². The van der Waals surface area contributed by atoms with E-state index >= 15 is 0 Å². The summed E-state index contributed by atoms with van der Waals surface area (Å²) in [5, 5.41) is 31.4. The van der Waals surface area contributed by atoms with Crippen molar-refractivity contribution >= 4 is 27.9 Å². The van der Waals surface area contributed by atoms with Gasteiger partial charge in [0.2, 0.25) is 0 Å². The molecule has 38 heavy (non-hydrogen) atoms. The summed E-state index contributed by atoms with van der Waals surface area (Å²) in [5.41, 5.74) is 17.0. The smallest absolute Gasteiger partial charge is 0.152 e. The standard InChI is InChI=1S/C26H28N8O4/c1-3-13-8-17(27)15-5-4-14(9-19(15)31-13)37-11-21-23(35)24(36)25(38-21)20-10-16(18-6-7-33(2)32-18)22-26(28)29-12-30-34(20)22/h4-10,12,21,23-25,35-36H,3,11H2,1-2H3,(H2,27,31)(H2,28,29,30)/t21-,23-,24-,25+/m1/s1. The molecule has 1 aliphatic rings. The molecule has 1 saturated heterocycles. The van der Waals surface area contributed by atoms with Crippen LogP contribution in [-0.2, 0) is 18.2 Å². The van der Waals surface area contributed by atoms with Crippen LogP contribution in [0.5, 0.6) is 5.75 Å². The lowest BCUT2D eigenvalue weighted by molar-refractivity contribution is -0.0187. The van der Waals surface area contributed by atoms with Crippen LogP contribution in [0.25, 0.3) is 27.7 Å². The normalized spacial score (nSPS) is 21.5. The van der Waals surface area contributed by atoms with Gasteiger partial charge in [0.05, 0.1) is 16.9 Å². The second-order valence-electron chi connectivity index (χ2n) is 9.39. The van der Waals surface area contributed by atoms with Crippen molar-refractivity contribution in [1.29, 1.82) is 0 Å². The molecule has 5 aromatic rings. The van der Waals surface area contributed by atoms with Gasteiger partial charge in [0, 0.05) is 41.6 Å². The van der Waals surface area contributed by atoms with E-state index in [1.54, 1.807) is 27.4 Å². The van der Waals surface area contributed by atoms with Gasteiger partial charge in [0.1, 0.15) is 48.6 Å². The Morgan fingerprint density at radius 2 is 1.95 bits per heavy atom. The van der Waals surface area contributed by atoms with Crippen LogP contribution < -0.4 is 16.2 Å². The second-order valence-corrected chi connectivity index (χ2v) is 9.39. The number of rotatable bonds is 6. The maximum absolute atomic E-state index is 11.0. The lowest BCUT2D eigenvalue weighted by atomic mass is 10.1. The van der Waals surface area contributed by atoms with Crippen molar-refractivity contribution in [1.82, 2.24) is 29.4 Å². The Morgan fingerprint density at radius 1 is 1.11 bits per heavy atom. The fourth-order valence-corrected chi connectivity index (χ4v) is 4.92. The molecule has 196 valence electrons. The first kappa shape index (κ1) is 24.1. The van der Waals surface area contributed by atoms with Crippen LogP contribution in [0.15, 0.2) is 48.9 Å². The molecule has 6 N–H and O–H groups in total. The van der Waals surface area contributed by atoms with Crippen molar-refractivity contribution in [3.63, 3.8) is 0 Å². The zero-order valence-corrected chi connectivity index (χ0v) is 20.9. The molecule has 0 unspecified atom stereocenters. The summed E-state index contributed by atoms with van der Waals surface area (Å²) in [6, 6.07) is 11.0. The highest BCUT2D eigenvalue weighted by atomic mass is 16.6. The van der Waals surface area contributed by atoms with Crippen LogP contribution in [0.3, 0.4) is 0 Å². The Bertz CT molecular complexity index is 1650. The molecule has 4 aromatic heterocycles. The molecule has 12 heteroatoms. The minimum Gasteiger partial charge on any atom is -0.491 e. The SMILES string of the molecule is CCc1cc(N)c2ccc(OC[C@H]3O[C@@H](c4cc(-c5ccn(C)n5)c5c(N)ncnn45)[C@H](O)[C@@H]3O)cc2n1. The molecule has 0 aliphatic carbocycles. The fourth-order valence-electron chi connectivity index (χ4n) is 4.92. The molecule has 1 aliphatic heterocycles. The van der Waals surface area contributed by atoms with Gasteiger partial charge in [-0.1, -0.05) is 6.92 Å². The quantitative estimate of drug-likeness (QED) is 0.260. The van der Waals surface area contributed by atoms with Crippen molar-refractivity contribution in [2.24, 2.45) is 7.05 Å². The molecular formula is C26H28N8O4. The Kier molecular flexibility index (Phi) is 5.86. The summed E-state index contributed by atoms with van der Waals surface area (Å²) in [4.78, 5) is 8.74. The number of hydrogen-bond donors (Lipinski definition) is 4. The number of aromatic nitrogens is 6. The van der Waals surface area contributed by atoms with Gasteiger partial charge < -0.3 is 31.2 Å². The van der Waals surface area contributed by atoms with Crippen LogP contribution in [0, 0.1) is 0 Å². The van der Waals surface area contributed by atoms with Crippen molar-refractivity contribution in [2.75, 3.05) is 18.1 Å². The Hall–Kier alpha value is -4.26. The predicted octanol–water partition coefficient (Wildman–Crippen LogP) is 1.65. The first-order valence-corrected chi connectivity index (χ1v) is 12.3. The predicted molar refractivity (Wildman–Crippen MR) is 140 cm³/mol. The molecule has 0 radical (unpaired) electrons. The lowest BCUT2D eigenvalue weighted by Crippen LogP contribution is -2.34. The van der Waals surface area contributed by atoms with E-state index < -0.39 is 24.4 Å². The van der Waals surface area contributed by atoms with Crippen LogP contribution in [0.1, 0.15) is 24.4 Å². The van der Waals surface area contributed by atoms with Gasteiger partial charge in [-0.15, -0.1) is 0 Å². The maximum atomic E-state index is 11.0. The summed E-state index contributed by atoms with van der Waals surface area (Å²) in [6.45, 7) is 2.03. The van der Waals surface area contributed by atoms with E-state index in [1.165, 1.54) is 6.33 Å². The van der Waals surface area contributed by atoms with Gasteiger partial charge in [0.15, 0.2) is 5.82 Å². The first-order valence-electron chi connectivity index (χ1n) is 12.3. The summed E-state index contributed by atoms with van der Waals surface area (Å²) >= 11 is 0. The summed E-state index contributed by atoms with van der Waals surface area (Å²) in [7, 11) is 1.82. The third-order valence-corrected chi connectivity index (χ3v) is 6.90. The van der Waals surface area contributed by atoms with Gasteiger partial charge in [-0.3, -0.25) is 9.67 Å². The number of aryl methyl sites for hydroxylation is 2. The number of anilines is 2. The summed E-state index contributed by atoms with van der Waals surface area (Å²) < 4.78 is 15.3. The third kappa shape index (κ3) is 3.99. The largest absolute Gasteiger partial charge is 0.491 e. The second kappa shape index (κ2) is 9.24. The topological polar surface area (TPSA) is 172 Å². The lowest BCUT2D eigenvalue weighted by Gasteiger charge is -2.16. The highest BCUT2D eigenvalue weighted by molar-refractivity contribution is 5.91. The van der Waals surface area contributed by atoms with Crippen molar-refractivity contribution < 1.29 is 19.7 Å². The minimum atomic E-state index is -1.22. The Morgan fingerprint density at radius 3 is 2.71 bits per heavy atom. The van der Waals surface area contributed by atoms with Crippen LogP contribution in [0.2, 0.25) is 0 Å². The fraction of sp³-hybridized carbons (Fsp3) is 0.308. The number of fused-ring (bicyclic) bond motifs is 2. The minimum absolute atomic E-state index is 0.0106. The molecule has 0 amide bonds. The van der Waals surface area contributed by atoms with Crippen LogP contribution in [-0.4, -0.2) is 64.5 Å². The number of hydrogen-bond acceptors (Lipinski definition) is 10. The Balaban J connectivity index is 1.27. The molecular weight excluding hydrogens is 488 g/mol. The van der Waals surface area contributed by atoms with Crippen molar-refractivity contribution in [3.8, 4) is 17.0 Å². The molecule has 1 fully saturated rings. The number of aliphatic hydroxyl groups is 2. The number of nitrogens with two attached hydrogens (primary N) is 2. The number of aliphatic hydroxyl groups excluding tert-OH is 2. The molecule has 12 nitrogen and oxygen atoms in total. The molecule has 4 atom stereocenters. The monoisotopic (exact) mass is 516 g/mol. The average Bonchev–Trinajstić information content (AvgIpc) is 3.59. The highest BCUT2D eigenvalue weighted by Crippen LogP contribution is 2.39. The van der Waals surface area contributed by atoms with Gasteiger partial charge in [-0.25, -0.2) is 9.50 Å². The zero-order chi connectivity index (χ0) is 26.6. The molecule has 1 aromatic carbocycles. The molecule has 0 saturated carbocycles. The van der Waals surface area contributed by atoms with E-state index in [0.29, 0.717) is 33.9 Å². The van der Waals surface area contributed by atoms with E-state index in [4.69, 9.17) is 20.9 Å².